The SMILES string of the molecule is NC(=O)S.NC(=O)S.O=P(O)(O)O. The van der Waals surface area contributed by atoms with Crippen molar-refractivity contribution >= 4 is 43.6 Å². The van der Waals surface area contributed by atoms with Crippen molar-refractivity contribution in [1.82, 2.24) is 0 Å². The standard InChI is InChI=1S/2CH3NOS.H3O4P/c2*2-1(3)4;1-5(2,3)4/h2*(H3,2,3,4);(H3,1,2,3,4). The van der Waals surface area contributed by atoms with Crippen LogP contribution in [0.3, 0.4) is 0 Å². The van der Waals surface area contributed by atoms with Crippen LogP contribution in [-0.2, 0) is 4.57 Å². The Bertz CT molecular complexity index is 175. The van der Waals surface area contributed by atoms with E-state index in [0.29, 0.717) is 0 Å². The predicted molar refractivity (Wildman–Crippen MR) is 51.4 cm³/mol. The Kier molecular flexibility index (Phi) is 14.0. The second-order valence-corrected chi connectivity index (χ2v) is 3.10. The lowest BCUT2D eigenvalue weighted by atomic mass is 11.5. The minimum atomic E-state index is -4.64. The number of carbonyl (C=O) groups excluding carboxylic acids is 2. The van der Waals surface area contributed by atoms with Gasteiger partial charge in [0.05, 0.1) is 0 Å². The van der Waals surface area contributed by atoms with Crippen molar-refractivity contribution in [2.75, 3.05) is 0 Å². The van der Waals surface area contributed by atoms with Gasteiger partial charge in [0, 0.05) is 0 Å². The lowest BCUT2D eigenvalue weighted by Crippen LogP contribution is -1.95. The molecule has 0 aliphatic rings. The molecule has 0 spiro atoms. The predicted octanol–water partition coefficient (Wildman–Crippen LogP) is -0.939. The van der Waals surface area contributed by atoms with Crippen LogP contribution in [0.1, 0.15) is 0 Å². The quantitative estimate of drug-likeness (QED) is 0.217. The van der Waals surface area contributed by atoms with Gasteiger partial charge in [0.1, 0.15) is 0 Å². The molecule has 0 fully saturated rings. The van der Waals surface area contributed by atoms with Crippen LogP contribution in [0, 0.1) is 0 Å². The van der Waals surface area contributed by atoms with Crippen LogP contribution in [0.25, 0.3) is 0 Å². The van der Waals surface area contributed by atoms with Crippen molar-refractivity contribution in [3.8, 4) is 0 Å². The summed E-state index contributed by atoms with van der Waals surface area (Å²) in [5.41, 5.74) is 8.67. The lowest BCUT2D eigenvalue weighted by Gasteiger charge is -1.82. The molecule has 0 aromatic rings. The molecule has 0 aliphatic carbocycles. The van der Waals surface area contributed by atoms with Gasteiger partial charge in [-0.15, -0.1) is 0 Å². The molecule has 0 radical (unpaired) electrons. The fourth-order valence-corrected chi connectivity index (χ4v) is 0. The maximum absolute atomic E-state index is 9.09. The number of thiol groups is 2. The number of rotatable bonds is 0. The highest BCUT2D eigenvalue weighted by atomic mass is 32.1. The van der Waals surface area contributed by atoms with E-state index >= 15 is 0 Å². The molecule has 8 nitrogen and oxygen atoms in total. The molecule has 0 rings (SSSR count). The monoisotopic (exact) mass is 252 g/mol. The number of hydrogen-bond donors (Lipinski definition) is 7. The van der Waals surface area contributed by atoms with Gasteiger partial charge in [-0.2, -0.15) is 0 Å². The van der Waals surface area contributed by atoms with Crippen molar-refractivity contribution in [2.45, 2.75) is 0 Å². The molecule has 0 bridgehead atoms. The molecule has 0 atom stereocenters. The molecule has 0 saturated carbocycles. The zero-order chi connectivity index (χ0) is 11.7. The van der Waals surface area contributed by atoms with Crippen LogP contribution in [0.5, 0.6) is 0 Å². The molecular formula is C2H9N2O6PS2. The molecule has 0 unspecified atom stereocenters. The Morgan fingerprint density at radius 1 is 1.00 bits per heavy atom. The van der Waals surface area contributed by atoms with E-state index in [1.807, 2.05) is 0 Å². The summed E-state index contributed by atoms with van der Waals surface area (Å²) in [6, 6.07) is 0. The summed E-state index contributed by atoms with van der Waals surface area (Å²) in [5, 5.41) is -1.28. The zero-order valence-corrected chi connectivity index (χ0v) is 8.75. The highest BCUT2D eigenvalue weighted by molar-refractivity contribution is 7.96. The third-order valence-corrected chi connectivity index (χ3v) is 0. The molecule has 0 aliphatic heterocycles. The average molecular weight is 252 g/mol. The Morgan fingerprint density at radius 3 is 1.00 bits per heavy atom. The smallest absolute Gasteiger partial charge is 0.361 e. The highest BCUT2D eigenvalue weighted by Crippen LogP contribution is 2.25. The molecule has 0 aromatic heterocycles. The Balaban J connectivity index is -0.000000117. The Morgan fingerprint density at radius 2 is 1.00 bits per heavy atom. The van der Waals surface area contributed by atoms with Gasteiger partial charge in [-0.3, -0.25) is 9.59 Å². The first-order valence-corrected chi connectivity index (χ1v) is 4.67. The fraction of sp³-hybridized carbons (Fsp3) is 0. The van der Waals surface area contributed by atoms with E-state index in [2.05, 4.69) is 36.7 Å². The summed E-state index contributed by atoms with van der Waals surface area (Å²) >= 11 is 6.21. The van der Waals surface area contributed by atoms with Crippen LogP contribution in [0.4, 0.5) is 9.59 Å². The fourth-order valence-electron chi connectivity index (χ4n) is 0. The molecule has 0 heterocycles. The second kappa shape index (κ2) is 9.84. The van der Waals surface area contributed by atoms with Gasteiger partial charge in [0.25, 0.3) is 10.5 Å². The molecule has 80 valence electrons. The number of primary amides is 2. The molecule has 0 saturated heterocycles. The minimum Gasteiger partial charge on any atom is -0.361 e. The molecular weight excluding hydrogens is 243 g/mol. The maximum atomic E-state index is 9.09. The van der Waals surface area contributed by atoms with Crippen LogP contribution in [-0.4, -0.2) is 25.2 Å². The normalized spacial score (nSPS) is 8.38. The summed E-state index contributed by atoms with van der Waals surface area (Å²) in [4.78, 5) is 39.7. The Labute approximate surface area is 84.4 Å². The van der Waals surface area contributed by atoms with Gasteiger partial charge in [-0.05, 0) is 0 Å². The highest BCUT2D eigenvalue weighted by Gasteiger charge is 2.00. The van der Waals surface area contributed by atoms with Gasteiger partial charge in [-0.25, -0.2) is 4.57 Å². The van der Waals surface area contributed by atoms with Gasteiger partial charge >= 0.3 is 7.82 Å². The molecule has 0 aromatic carbocycles. The van der Waals surface area contributed by atoms with E-state index in [4.69, 9.17) is 28.8 Å². The largest absolute Gasteiger partial charge is 0.466 e. The van der Waals surface area contributed by atoms with Gasteiger partial charge < -0.3 is 26.1 Å². The first kappa shape index (κ1) is 18.5. The first-order valence-electron chi connectivity index (χ1n) is 2.22. The van der Waals surface area contributed by atoms with Crippen molar-refractivity contribution in [2.24, 2.45) is 11.5 Å². The third-order valence-electron chi connectivity index (χ3n) is 0. The van der Waals surface area contributed by atoms with Crippen LogP contribution >= 0.6 is 33.1 Å². The number of carbonyl (C=O) groups is 2. The van der Waals surface area contributed by atoms with E-state index in [9.17, 15) is 0 Å². The van der Waals surface area contributed by atoms with E-state index in [1.54, 1.807) is 0 Å². The number of amides is 2. The van der Waals surface area contributed by atoms with Crippen LogP contribution in [0.15, 0.2) is 0 Å². The van der Waals surface area contributed by atoms with E-state index in [-0.39, 0.29) is 0 Å². The van der Waals surface area contributed by atoms with E-state index in [1.165, 1.54) is 0 Å². The second-order valence-electron chi connectivity index (χ2n) is 1.19. The van der Waals surface area contributed by atoms with Crippen molar-refractivity contribution in [1.29, 1.82) is 0 Å². The summed E-state index contributed by atoms with van der Waals surface area (Å²) in [6.07, 6.45) is 0. The van der Waals surface area contributed by atoms with Crippen LogP contribution < -0.4 is 11.5 Å². The minimum absolute atomic E-state index is 0.639. The molecule has 2 amide bonds. The summed E-state index contributed by atoms with van der Waals surface area (Å²) in [6.45, 7) is 0. The number of hydrogen-bond acceptors (Lipinski definition) is 3. The summed E-state index contributed by atoms with van der Waals surface area (Å²) < 4.78 is 8.88. The lowest BCUT2D eigenvalue weighted by molar-refractivity contribution is 0.266. The van der Waals surface area contributed by atoms with Gasteiger partial charge in [0.15, 0.2) is 0 Å². The number of phosphoric acid groups is 1. The zero-order valence-electron chi connectivity index (χ0n) is 6.06. The number of nitrogens with two attached hydrogens (primary N) is 2. The average Bonchev–Trinajstić information content (AvgIpc) is 1.50. The van der Waals surface area contributed by atoms with E-state index in [0.717, 1.165) is 0 Å². The topological polar surface area (TPSA) is 164 Å². The van der Waals surface area contributed by atoms with Crippen molar-refractivity contribution < 1.29 is 28.8 Å². The maximum Gasteiger partial charge on any atom is 0.466 e. The summed E-state index contributed by atoms with van der Waals surface area (Å²) in [5.74, 6) is 0. The van der Waals surface area contributed by atoms with E-state index < -0.39 is 18.3 Å². The van der Waals surface area contributed by atoms with Crippen LogP contribution in [0.2, 0.25) is 0 Å². The van der Waals surface area contributed by atoms with Crippen molar-refractivity contribution in [3.63, 3.8) is 0 Å². The first-order chi connectivity index (χ1) is 5.46. The van der Waals surface area contributed by atoms with Gasteiger partial charge in [0.2, 0.25) is 0 Å². The third kappa shape index (κ3) is 17900. The molecule has 7 N–H and O–H groups in total. The van der Waals surface area contributed by atoms with Gasteiger partial charge in [-0.1, -0.05) is 25.3 Å². The Hall–Kier alpha value is -0.250. The molecule has 13 heavy (non-hydrogen) atoms. The summed E-state index contributed by atoms with van der Waals surface area (Å²) in [7, 11) is -4.64. The molecule has 11 heteroatoms. The van der Waals surface area contributed by atoms with Crippen molar-refractivity contribution in [3.05, 3.63) is 0 Å².